The van der Waals surface area contributed by atoms with Crippen molar-refractivity contribution in [3.8, 4) is 11.5 Å². The highest BCUT2D eigenvalue weighted by Crippen LogP contribution is 2.41. The summed E-state index contributed by atoms with van der Waals surface area (Å²) in [5.74, 6) is -3.14. The molecule has 0 unspecified atom stereocenters. The third-order valence-electron chi connectivity index (χ3n) is 14.0. The SMILES string of the molecule is CCCCCCCCCCCCCCCCCCOc1cc(F)c(S(=O)(=O)c2cnc3ccc(OC(F)(F)F)cc3c2N2CCC(N3CCN(C4CCN(CC)CC4)CC3)CC2)cc1F. The number of benzene rings is 2. The zero-order valence-corrected chi connectivity index (χ0v) is 39.8. The molecule has 364 valence electrons. The first-order valence-electron chi connectivity index (χ1n) is 24.9. The van der Waals surface area contributed by atoms with Crippen LogP contribution in [-0.4, -0.2) is 112 Å². The molecule has 3 aromatic rings. The Morgan fingerprint density at radius 3 is 1.69 bits per heavy atom. The molecule has 0 N–H and O–H groups in total. The van der Waals surface area contributed by atoms with Gasteiger partial charge in [0.1, 0.15) is 21.4 Å². The summed E-state index contributed by atoms with van der Waals surface area (Å²) in [6.45, 7) is 12.6. The fourth-order valence-corrected chi connectivity index (χ4v) is 11.7. The van der Waals surface area contributed by atoms with Crippen LogP contribution in [0.25, 0.3) is 10.9 Å². The van der Waals surface area contributed by atoms with Crippen molar-refractivity contribution in [1.82, 2.24) is 19.7 Å². The lowest BCUT2D eigenvalue weighted by atomic mass is 9.99. The first kappa shape index (κ1) is 51.1. The van der Waals surface area contributed by atoms with Crippen molar-refractivity contribution < 1.29 is 39.8 Å². The van der Waals surface area contributed by atoms with Gasteiger partial charge in [-0.15, -0.1) is 13.2 Å². The molecule has 3 fully saturated rings. The maximum Gasteiger partial charge on any atom is 0.573 e. The maximum atomic E-state index is 15.9. The van der Waals surface area contributed by atoms with E-state index in [9.17, 15) is 21.6 Å². The number of likely N-dealkylation sites (tertiary alicyclic amines) is 1. The highest BCUT2D eigenvalue weighted by Gasteiger charge is 2.36. The van der Waals surface area contributed by atoms with E-state index in [1.165, 1.54) is 96.0 Å². The van der Waals surface area contributed by atoms with E-state index in [0.717, 1.165) is 89.5 Å². The average molecular weight is 936 g/mol. The van der Waals surface area contributed by atoms with Crippen LogP contribution < -0.4 is 14.4 Å². The Morgan fingerprint density at radius 1 is 0.646 bits per heavy atom. The number of alkyl halides is 3. The second-order valence-corrected chi connectivity index (χ2v) is 20.4. The molecule has 65 heavy (non-hydrogen) atoms. The van der Waals surface area contributed by atoms with E-state index in [-0.39, 0.29) is 35.0 Å². The lowest BCUT2D eigenvalue weighted by Crippen LogP contribution is -2.56. The summed E-state index contributed by atoms with van der Waals surface area (Å²) in [6, 6.07) is 5.80. The van der Waals surface area contributed by atoms with Gasteiger partial charge in [0.05, 0.1) is 17.8 Å². The maximum absolute atomic E-state index is 15.9. The summed E-state index contributed by atoms with van der Waals surface area (Å²) in [7, 11) is -4.79. The number of sulfone groups is 1. The average Bonchev–Trinajstić information content (AvgIpc) is 3.30. The predicted octanol–water partition coefficient (Wildman–Crippen LogP) is 12.0. The second-order valence-electron chi connectivity index (χ2n) is 18.5. The quantitative estimate of drug-likeness (QED) is 0.0610. The topological polar surface area (TPSA) is 78.4 Å². The van der Waals surface area contributed by atoms with E-state index in [1.54, 1.807) is 0 Å². The number of anilines is 1. The standard InChI is InChI=1S/C50H74F5N5O4S/c1-3-5-6-7-8-9-10-11-12-13-14-15-16-17-18-19-34-63-46-36-44(52)47(37-43(46)51)65(61,62)48-38-56-45-21-20-41(64-50(53,54)55)35-42(45)49(48)60-28-24-40(25-29-60)59-32-30-58(31-33-59)39-22-26-57(4-2)27-23-39/h20-21,35-40H,3-19,22-34H2,1-2H3. The number of fused-ring (bicyclic) bond motifs is 1. The van der Waals surface area contributed by atoms with Crippen LogP contribution in [0, 0.1) is 11.6 Å². The van der Waals surface area contributed by atoms with Gasteiger partial charge < -0.3 is 19.3 Å². The fraction of sp³-hybridized carbons (Fsp3) is 0.700. The number of piperidine rings is 2. The summed E-state index contributed by atoms with van der Waals surface area (Å²) in [4.78, 5) is 12.4. The Kier molecular flexibility index (Phi) is 19.8. The zero-order valence-electron chi connectivity index (χ0n) is 39.0. The molecular weight excluding hydrogens is 862 g/mol. The van der Waals surface area contributed by atoms with Crippen LogP contribution >= 0.6 is 0 Å². The fourth-order valence-electron chi connectivity index (χ4n) is 10.2. The number of nitrogens with zero attached hydrogens (tertiary/aromatic N) is 5. The van der Waals surface area contributed by atoms with Crippen LogP contribution in [0.15, 0.2) is 46.3 Å². The van der Waals surface area contributed by atoms with Crippen molar-refractivity contribution in [3.05, 3.63) is 48.2 Å². The molecule has 9 nitrogen and oxygen atoms in total. The highest BCUT2D eigenvalue weighted by atomic mass is 32.2. The monoisotopic (exact) mass is 936 g/mol. The number of rotatable bonds is 25. The van der Waals surface area contributed by atoms with Gasteiger partial charge in [-0.3, -0.25) is 14.8 Å². The van der Waals surface area contributed by atoms with Crippen molar-refractivity contribution in [2.24, 2.45) is 0 Å². The minimum absolute atomic E-state index is 0.0907. The molecule has 0 saturated carbocycles. The number of pyridine rings is 1. The minimum Gasteiger partial charge on any atom is -0.490 e. The van der Waals surface area contributed by atoms with Gasteiger partial charge in [0.15, 0.2) is 11.6 Å². The molecule has 0 radical (unpaired) electrons. The van der Waals surface area contributed by atoms with Gasteiger partial charge in [-0.05, 0) is 76.0 Å². The van der Waals surface area contributed by atoms with Gasteiger partial charge in [-0.2, -0.15) is 0 Å². The van der Waals surface area contributed by atoms with Gasteiger partial charge in [0.2, 0.25) is 9.84 Å². The molecule has 6 rings (SSSR count). The van der Waals surface area contributed by atoms with E-state index in [2.05, 4.69) is 38.3 Å². The van der Waals surface area contributed by atoms with Crippen molar-refractivity contribution >= 4 is 26.4 Å². The molecule has 0 atom stereocenters. The van der Waals surface area contributed by atoms with Gasteiger partial charge in [-0.1, -0.05) is 110 Å². The van der Waals surface area contributed by atoms with E-state index in [0.29, 0.717) is 44.5 Å². The van der Waals surface area contributed by atoms with Crippen LogP contribution in [0.1, 0.15) is 142 Å². The lowest BCUT2D eigenvalue weighted by molar-refractivity contribution is -0.274. The van der Waals surface area contributed by atoms with Crippen molar-refractivity contribution in [1.29, 1.82) is 0 Å². The number of unbranched alkanes of at least 4 members (excludes halogenated alkanes) is 15. The second kappa shape index (κ2) is 25.2. The summed E-state index contributed by atoms with van der Waals surface area (Å²) < 4.78 is 110. The van der Waals surface area contributed by atoms with E-state index in [1.807, 2.05) is 4.90 Å². The predicted molar refractivity (Wildman–Crippen MR) is 249 cm³/mol. The number of piperazine rings is 1. The normalized spacial score (nSPS) is 17.9. The molecule has 4 heterocycles. The van der Waals surface area contributed by atoms with Crippen LogP contribution in [-0.2, 0) is 9.84 Å². The van der Waals surface area contributed by atoms with E-state index in [4.69, 9.17) is 4.74 Å². The van der Waals surface area contributed by atoms with Crippen molar-refractivity contribution in [2.75, 3.05) is 70.4 Å². The lowest BCUT2D eigenvalue weighted by Gasteiger charge is -2.46. The molecule has 2 aromatic carbocycles. The number of hydrogen-bond donors (Lipinski definition) is 0. The van der Waals surface area contributed by atoms with Crippen LogP contribution in [0.3, 0.4) is 0 Å². The van der Waals surface area contributed by atoms with Gasteiger partial charge in [0, 0.05) is 69.0 Å². The molecule has 1 aromatic heterocycles. The third-order valence-corrected chi connectivity index (χ3v) is 15.8. The van der Waals surface area contributed by atoms with Gasteiger partial charge >= 0.3 is 6.36 Å². The molecule has 0 amide bonds. The smallest absolute Gasteiger partial charge is 0.490 e. The molecule has 15 heteroatoms. The van der Waals surface area contributed by atoms with Crippen molar-refractivity contribution in [3.63, 3.8) is 0 Å². The molecule has 0 spiro atoms. The first-order valence-corrected chi connectivity index (χ1v) is 26.4. The Morgan fingerprint density at radius 2 is 1.17 bits per heavy atom. The Hall–Kier alpha value is -3.27. The van der Waals surface area contributed by atoms with Crippen LogP contribution in [0.2, 0.25) is 0 Å². The minimum atomic E-state index is -4.99. The molecule has 3 aliphatic rings. The van der Waals surface area contributed by atoms with Gasteiger partial charge in [-0.25, -0.2) is 17.2 Å². The van der Waals surface area contributed by atoms with Crippen molar-refractivity contribution in [2.45, 2.75) is 171 Å². The third kappa shape index (κ3) is 14.9. The van der Waals surface area contributed by atoms with E-state index < -0.39 is 43.4 Å². The highest BCUT2D eigenvalue weighted by molar-refractivity contribution is 7.91. The molecule has 3 aliphatic heterocycles. The Balaban J connectivity index is 1.05. The summed E-state index contributed by atoms with van der Waals surface area (Å²) in [5.41, 5.74) is 0.328. The number of ether oxygens (including phenoxy) is 2. The summed E-state index contributed by atoms with van der Waals surface area (Å²) in [6.07, 6.45) is 19.2. The van der Waals surface area contributed by atoms with Crippen LogP contribution in [0.4, 0.5) is 27.6 Å². The largest absolute Gasteiger partial charge is 0.573 e. The summed E-state index contributed by atoms with van der Waals surface area (Å²) >= 11 is 0. The number of hydrogen-bond acceptors (Lipinski definition) is 9. The number of aromatic nitrogens is 1. The molecule has 3 saturated heterocycles. The van der Waals surface area contributed by atoms with Gasteiger partial charge in [0.25, 0.3) is 0 Å². The van der Waals surface area contributed by atoms with E-state index >= 15 is 8.78 Å². The molecule has 0 aliphatic carbocycles. The Labute approximate surface area is 385 Å². The zero-order chi connectivity index (χ0) is 46.2. The molecular formula is C50H74F5N5O4S. The Bertz CT molecular complexity index is 2020. The van der Waals surface area contributed by atoms with Crippen LogP contribution in [0.5, 0.6) is 11.5 Å². The number of halogens is 5. The molecule has 0 bridgehead atoms. The first-order chi connectivity index (χ1) is 31.4. The summed E-state index contributed by atoms with van der Waals surface area (Å²) in [5, 5.41) is 0.105.